The smallest absolute Gasteiger partial charge is 0.407 e. The molecule has 0 saturated carbocycles. The largest absolute Gasteiger partial charge is 0.508 e. The van der Waals surface area contributed by atoms with Gasteiger partial charge in [0.1, 0.15) is 24.2 Å². The normalized spacial score (nSPS) is 13.2. The summed E-state index contributed by atoms with van der Waals surface area (Å²) in [6.07, 6.45) is -1.18. The maximum absolute atomic E-state index is 13.9. The van der Waals surface area contributed by atoms with Gasteiger partial charge in [0.25, 0.3) is 0 Å². The standard InChI is InChI=1S/C24H20FNO5/c25-21-12-15(27)10-9-14(21)11-22(23(28)29)26-24(30)31-13-20-18-7-3-1-5-16(18)17-6-2-4-8-19(17)20/h1-10,12,20,22,27H,11,13H2,(H,26,30)(H,28,29)/t22-/m1/s1. The minimum Gasteiger partial charge on any atom is -0.508 e. The number of aromatic hydroxyl groups is 1. The van der Waals surface area contributed by atoms with Gasteiger partial charge in [-0.2, -0.15) is 0 Å². The third kappa shape index (κ3) is 4.21. The minimum atomic E-state index is -1.38. The molecule has 0 spiro atoms. The Bertz CT molecular complexity index is 1100. The molecule has 3 N–H and O–H groups in total. The highest BCUT2D eigenvalue weighted by Crippen LogP contribution is 2.44. The number of nitrogens with one attached hydrogen (secondary N) is 1. The summed E-state index contributed by atoms with van der Waals surface area (Å²) in [5.41, 5.74) is 4.30. The second-order valence-corrected chi connectivity index (χ2v) is 7.34. The number of alkyl carbamates (subject to hydrolysis) is 1. The monoisotopic (exact) mass is 421 g/mol. The van der Waals surface area contributed by atoms with Crippen LogP contribution in [0.15, 0.2) is 66.7 Å². The lowest BCUT2D eigenvalue weighted by molar-refractivity contribution is -0.139. The molecule has 3 aromatic carbocycles. The summed E-state index contributed by atoms with van der Waals surface area (Å²) in [6, 6.07) is 17.8. The molecule has 0 radical (unpaired) electrons. The summed E-state index contributed by atoms with van der Waals surface area (Å²) < 4.78 is 19.3. The van der Waals surface area contributed by atoms with Gasteiger partial charge in [0, 0.05) is 18.4 Å². The van der Waals surface area contributed by atoms with E-state index in [1.165, 1.54) is 12.1 Å². The number of rotatable bonds is 6. The Morgan fingerprint density at radius 1 is 1.00 bits per heavy atom. The van der Waals surface area contributed by atoms with E-state index < -0.39 is 23.9 Å². The average Bonchev–Trinajstić information content (AvgIpc) is 3.07. The number of carboxylic acid groups (broad SMARTS) is 1. The van der Waals surface area contributed by atoms with Gasteiger partial charge in [0.2, 0.25) is 0 Å². The van der Waals surface area contributed by atoms with Gasteiger partial charge in [0.15, 0.2) is 0 Å². The van der Waals surface area contributed by atoms with Crippen molar-refractivity contribution in [3.05, 3.63) is 89.2 Å². The zero-order valence-electron chi connectivity index (χ0n) is 16.4. The van der Waals surface area contributed by atoms with Gasteiger partial charge < -0.3 is 20.3 Å². The number of halogens is 1. The van der Waals surface area contributed by atoms with Crippen molar-refractivity contribution in [3.63, 3.8) is 0 Å². The Morgan fingerprint density at radius 2 is 1.61 bits per heavy atom. The molecule has 3 aromatic rings. The lowest BCUT2D eigenvalue weighted by Gasteiger charge is -2.18. The van der Waals surface area contributed by atoms with E-state index in [4.69, 9.17) is 4.74 Å². The lowest BCUT2D eigenvalue weighted by Crippen LogP contribution is -2.43. The number of hydrogen-bond donors (Lipinski definition) is 3. The van der Waals surface area contributed by atoms with Crippen LogP contribution in [-0.2, 0) is 16.0 Å². The Hall–Kier alpha value is -3.87. The molecule has 0 saturated heterocycles. The molecule has 0 fully saturated rings. The lowest BCUT2D eigenvalue weighted by atomic mass is 9.98. The summed E-state index contributed by atoms with van der Waals surface area (Å²) in [7, 11) is 0. The van der Waals surface area contributed by atoms with E-state index in [2.05, 4.69) is 5.32 Å². The number of ether oxygens (including phenoxy) is 1. The van der Waals surface area contributed by atoms with Crippen molar-refractivity contribution in [2.75, 3.05) is 6.61 Å². The van der Waals surface area contributed by atoms with E-state index >= 15 is 0 Å². The quantitative estimate of drug-likeness (QED) is 0.558. The van der Waals surface area contributed by atoms with Gasteiger partial charge in [-0.05, 0) is 33.9 Å². The molecule has 1 aliphatic carbocycles. The topological polar surface area (TPSA) is 95.9 Å². The summed E-state index contributed by atoms with van der Waals surface area (Å²) in [5.74, 6) is -2.49. The summed E-state index contributed by atoms with van der Waals surface area (Å²) >= 11 is 0. The predicted octanol–water partition coefficient (Wildman–Crippen LogP) is 4.07. The van der Waals surface area contributed by atoms with Crippen LogP contribution in [0.5, 0.6) is 5.75 Å². The summed E-state index contributed by atoms with van der Waals surface area (Å²) in [5, 5.41) is 21.0. The molecule has 0 aromatic heterocycles. The number of carbonyl (C=O) groups excluding carboxylic acids is 1. The number of phenols is 1. The van der Waals surface area contributed by atoms with E-state index in [9.17, 15) is 24.2 Å². The molecular formula is C24H20FNO5. The number of carboxylic acids is 1. The van der Waals surface area contributed by atoms with Gasteiger partial charge in [0.05, 0.1) is 0 Å². The number of benzene rings is 3. The van der Waals surface area contributed by atoms with Gasteiger partial charge in [-0.1, -0.05) is 54.6 Å². The summed E-state index contributed by atoms with van der Waals surface area (Å²) in [6.45, 7) is 0.0414. The zero-order valence-corrected chi connectivity index (χ0v) is 16.4. The predicted molar refractivity (Wildman–Crippen MR) is 111 cm³/mol. The molecule has 6 nitrogen and oxygen atoms in total. The fourth-order valence-electron chi connectivity index (χ4n) is 3.90. The SMILES string of the molecule is O=C(N[C@H](Cc1ccc(O)cc1F)C(=O)O)OCC1c2ccccc2-c2ccccc21. The first-order valence-corrected chi connectivity index (χ1v) is 9.75. The van der Waals surface area contributed by atoms with Crippen LogP contribution in [0.2, 0.25) is 0 Å². The number of fused-ring (bicyclic) bond motifs is 3. The zero-order chi connectivity index (χ0) is 22.0. The van der Waals surface area contributed by atoms with Crippen LogP contribution in [-0.4, -0.2) is 34.9 Å². The number of hydrogen-bond acceptors (Lipinski definition) is 4. The molecule has 0 heterocycles. The second-order valence-electron chi connectivity index (χ2n) is 7.34. The van der Waals surface area contributed by atoms with Gasteiger partial charge >= 0.3 is 12.1 Å². The van der Waals surface area contributed by atoms with Gasteiger partial charge in [-0.25, -0.2) is 14.0 Å². The fraction of sp³-hybridized carbons (Fsp3) is 0.167. The molecular weight excluding hydrogens is 401 g/mol. The number of carbonyl (C=O) groups is 2. The van der Waals surface area contributed by atoms with E-state index in [1.807, 2.05) is 48.5 Å². The van der Waals surface area contributed by atoms with Crippen molar-refractivity contribution in [1.82, 2.24) is 5.32 Å². The molecule has 31 heavy (non-hydrogen) atoms. The summed E-state index contributed by atoms with van der Waals surface area (Å²) in [4.78, 5) is 23.9. The van der Waals surface area contributed by atoms with Crippen LogP contribution in [0.4, 0.5) is 9.18 Å². The van der Waals surface area contributed by atoms with Crippen LogP contribution in [0.1, 0.15) is 22.6 Å². The van der Waals surface area contributed by atoms with Crippen LogP contribution in [0.25, 0.3) is 11.1 Å². The Kier molecular flexibility index (Phi) is 5.58. The van der Waals surface area contributed by atoms with E-state index in [-0.39, 0.29) is 30.3 Å². The van der Waals surface area contributed by atoms with Crippen LogP contribution in [0.3, 0.4) is 0 Å². The molecule has 0 unspecified atom stereocenters. The van der Waals surface area contributed by atoms with Gasteiger partial charge in [-0.15, -0.1) is 0 Å². The van der Waals surface area contributed by atoms with E-state index in [0.29, 0.717) is 0 Å². The Balaban J connectivity index is 1.44. The van der Waals surface area contributed by atoms with Crippen LogP contribution < -0.4 is 5.32 Å². The van der Waals surface area contributed by atoms with Crippen LogP contribution in [0, 0.1) is 5.82 Å². The number of amides is 1. The molecule has 0 bridgehead atoms. The van der Waals surface area contributed by atoms with Crippen molar-refractivity contribution >= 4 is 12.1 Å². The van der Waals surface area contributed by atoms with Crippen molar-refractivity contribution in [2.24, 2.45) is 0 Å². The number of phenolic OH excluding ortho intramolecular Hbond substituents is 1. The highest BCUT2D eigenvalue weighted by molar-refractivity contribution is 5.81. The van der Waals surface area contributed by atoms with Crippen molar-refractivity contribution in [2.45, 2.75) is 18.4 Å². The molecule has 4 rings (SSSR count). The molecule has 1 atom stereocenters. The van der Waals surface area contributed by atoms with Crippen LogP contribution >= 0.6 is 0 Å². The highest BCUT2D eigenvalue weighted by atomic mass is 19.1. The molecule has 0 aliphatic heterocycles. The Morgan fingerprint density at radius 3 is 2.19 bits per heavy atom. The first kappa shape index (κ1) is 20.4. The Labute approximate surface area is 177 Å². The van der Waals surface area contributed by atoms with Crippen molar-refractivity contribution in [1.29, 1.82) is 0 Å². The third-order valence-corrected chi connectivity index (χ3v) is 5.39. The molecule has 7 heteroatoms. The van der Waals surface area contributed by atoms with E-state index in [1.54, 1.807) is 0 Å². The average molecular weight is 421 g/mol. The molecule has 158 valence electrons. The maximum Gasteiger partial charge on any atom is 0.407 e. The third-order valence-electron chi connectivity index (χ3n) is 5.39. The number of aliphatic carboxylic acids is 1. The minimum absolute atomic E-state index is 0.0414. The van der Waals surface area contributed by atoms with E-state index in [0.717, 1.165) is 28.3 Å². The first-order chi connectivity index (χ1) is 14.9. The molecule has 1 aliphatic rings. The first-order valence-electron chi connectivity index (χ1n) is 9.75. The maximum atomic E-state index is 13.9. The molecule has 1 amide bonds. The second kappa shape index (κ2) is 8.47. The van der Waals surface area contributed by atoms with Crippen molar-refractivity contribution in [3.8, 4) is 16.9 Å². The highest BCUT2D eigenvalue weighted by Gasteiger charge is 2.30. The fourth-order valence-corrected chi connectivity index (χ4v) is 3.90. The van der Waals surface area contributed by atoms with Crippen molar-refractivity contribution < 1.29 is 28.9 Å². The van der Waals surface area contributed by atoms with Gasteiger partial charge in [-0.3, -0.25) is 0 Å².